The van der Waals surface area contributed by atoms with Crippen LogP contribution < -0.4 is 5.32 Å². The zero-order valence-electron chi connectivity index (χ0n) is 13.1. The van der Waals surface area contributed by atoms with Crippen molar-refractivity contribution in [3.63, 3.8) is 0 Å². The lowest BCUT2D eigenvalue weighted by Crippen LogP contribution is -2.43. The number of hydrogen-bond acceptors (Lipinski definition) is 2. The predicted molar refractivity (Wildman–Crippen MR) is 98.2 cm³/mol. The first-order valence-corrected chi connectivity index (χ1v) is 8.94. The van der Waals surface area contributed by atoms with E-state index in [2.05, 4.69) is 21.2 Å². The fraction of sp³-hybridized carbons (Fsp3) is 0.222. The Morgan fingerprint density at radius 3 is 2.60 bits per heavy atom. The first-order valence-electron chi connectivity index (χ1n) is 7.77. The molecule has 1 aliphatic rings. The van der Waals surface area contributed by atoms with Crippen LogP contribution in [0.2, 0.25) is 5.02 Å². The minimum Gasteiger partial charge on any atom is -0.327 e. The van der Waals surface area contributed by atoms with Crippen molar-refractivity contribution in [2.45, 2.75) is 18.9 Å². The molecule has 0 spiro atoms. The van der Waals surface area contributed by atoms with Gasteiger partial charge in [0.1, 0.15) is 11.9 Å². The van der Waals surface area contributed by atoms with E-state index < -0.39 is 11.9 Å². The third kappa shape index (κ3) is 4.19. The first-order chi connectivity index (χ1) is 11.9. The summed E-state index contributed by atoms with van der Waals surface area (Å²) in [6.07, 6.45) is 1.31. The fourth-order valence-corrected chi connectivity index (χ4v) is 3.38. The van der Waals surface area contributed by atoms with Crippen LogP contribution in [0, 0.1) is 5.82 Å². The Morgan fingerprint density at radius 1 is 1.20 bits per heavy atom. The molecule has 3 rings (SSSR count). The summed E-state index contributed by atoms with van der Waals surface area (Å²) in [7, 11) is 0. The number of anilines is 1. The molecule has 0 saturated carbocycles. The van der Waals surface area contributed by atoms with Crippen molar-refractivity contribution in [2.75, 3.05) is 11.9 Å². The van der Waals surface area contributed by atoms with Gasteiger partial charge in [0.2, 0.25) is 5.91 Å². The van der Waals surface area contributed by atoms with Gasteiger partial charge in [0.15, 0.2) is 0 Å². The molecule has 1 heterocycles. The van der Waals surface area contributed by atoms with E-state index in [-0.39, 0.29) is 22.5 Å². The first kappa shape index (κ1) is 17.9. The van der Waals surface area contributed by atoms with E-state index in [0.717, 1.165) is 17.0 Å². The van der Waals surface area contributed by atoms with Gasteiger partial charge in [0, 0.05) is 27.3 Å². The van der Waals surface area contributed by atoms with E-state index in [1.54, 1.807) is 29.2 Å². The molecule has 2 aromatic carbocycles. The topological polar surface area (TPSA) is 49.4 Å². The molecule has 2 aromatic rings. The molecule has 0 aliphatic carbocycles. The molecule has 0 radical (unpaired) electrons. The van der Waals surface area contributed by atoms with Gasteiger partial charge in [-0.3, -0.25) is 9.59 Å². The van der Waals surface area contributed by atoms with Gasteiger partial charge < -0.3 is 10.2 Å². The van der Waals surface area contributed by atoms with Gasteiger partial charge in [0.25, 0.3) is 5.91 Å². The van der Waals surface area contributed by atoms with E-state index >= 15 is 0 Å². The predicted octanol–water partition coefficient (Wildman–Crippen LogP) is 4.48. The Balaban J connectivity index is 1.75. The highest BCUT2D eigenvalue weighted by Crippen LogP contribution is 2.24. The lowest BCUT2D eigenvalue weighted by atomic mass is 10.1. The number of nitrogens with zero attached hydrogens (tertiary/aromatic N) is 1. The molecule has 1 unspecified atom stereocenters. The summed E-state index contributed by atoms with van der Waals surface area (Å²) in [5, 5.41) is 2.84. The molecule has 7 heteroatoms. The molecule has 25 heavy (non-hydrogen) atoms. The average molecular weight is 426 g/mol. The Labute approximate surface area is 158 Å². The number of likely N-dealkylation sites (tertiary alicyclic amines) is 1. The number of halogens is 3. The minimum absolute atomic E-state index is 0.192. The van der Waals surface area contributed by atoms with Crippen molar-refractivity contribution in [1.82, 2.24) is 4.90 Å². The highest BCUT2D eigenvalue weighted by molar-refractivity contribution is 9.10. The van der Waals surface area contributed by atoms with Crippen molar-refractivity contribution in [2.24, 2.45) is 0 Å². The third-order valence-electron chi connectivity index (χ3n) is 4.04. The number of carbonyl (C=O) groups excluding carboxylic acids is 2. The van der Waals surface area contributed by atoms with Crippen LogP contribution in [0.4, 0.5) is 10.1 Å². The fourth-order valence-electron chi connectivity index (χ4n) is 2.89. The Hall–Kier alpha value is -1.92. The quantitative estimate of drug-likeness (QED) is 0.788. The van der Waals surface area contributed by atoms with Crippen molar-refractivity contribution >= 4 is 45.0 Å². The van der Waals surface area contributed by atoms with Gasteiger partial charge in [0.05, 0.1) is 0 Å². The van der Waals surface area contributed by atoms with Gasteiger partial charge in [-0.15, -0.1) is 0 Å². The molecule has 2 amide bonds. The summed E-state index contributed by atoms with van der Waals surface area (Å²) in [6, 6.07) is 10.2. The molecule has 1 N–H and O–H groups in total. The number of benzene rings is 2. The second kappa shape index (κ2) is 7.54. The van der Waals surface area contributed by atoms with Crippen LogP contribution in [-0.4, -0.2) is 29.3 Å². The summed E-state index contributed by atoms with van der Waals surface area (Å²) in [5.41, 5.74) is 0.801. The van der Waals surface area contributed by atoms with Crippen LogP contribution in [0.25, 0.3) is 0 Å². The molecule has 0 aromatic heterocycles. The number of nitrogens with one attached hydrogen (secondary N) is 1. The van der Waals surface area contributed by atoms with Gasteiger partial charge in [-0.05, 0) is 55.3 Å². The van der Waals surface area contributed by atoms with Crippen molar-refractivity contribution in [3.8, 4) is 0 Å². The van der Waals surface area contributed by atoms with E-state index in [0.29, 0.717) is 18.5 Å². The zero-order valence-corrected chi connectivity index (χ0v) is 15.5. The van der Waals surface area contributed by atoms with Gasteiger partial charge in [-0.25, -0.2) is 4.39 Å². The molecule has 130 valence electrons. The summed E-state index contributed by atoms with van der Waals surface area (Å²) in [5.74, 6) is -1.07. The number of carbonyl (C=O) groups is 2. The molecule has 0 bridgehead atoms. The van der Waals surface area contributed by atoms with Crippen LogP contribution in [-0.2, 0) is 4.79 Å². The minimum atomic E-state index is -0.585. The number of amides is 2. The highest BCUT2D eigenvalue weighted by atomic mass is 79.9. The molecule has 1 atom stereocenters. The van der Waals surface area contributed by atoms with Crippen LogP contribution in [0.15, 0.2) is 46.9 Å². The second-order valence-corrected chi connectivity index (χ2v) is 7.16. The van der Waals surface area contributed by atoms with Gasteiger partial charge >= 0.3 is 0 Å². The van der Waals surface area contributed by atoms with E-state index in [4.69, 9.17) is 11.6 Å². The Morgan fingerprint density at radius 2 is 1.92 bits per heavy atom. The molecular weight excluding hydrogens is 411 g/mol. The molecular formula is C18H15BrClFN2O2. The van der Waals surface area contributed by atoms with E-state index in [1.165, 1.54) is 12.1 Å². The largest absolute Gasteiger partial charge is 0.327 e. The Kier molecular flexibility index (Phi) is 5.39. The standard InChI is InChI=1S/C18H15BrClFN2O2/c19-12-5-3-11(4-6-12)18(25)23-7-1-2-16(23)17(24)22-15-9-13(20)8-14(21)10-15/h3-6,8-10,16H,1-2,7H2,(H,22,24). The maximum absolute atomic E-state index is 13.4. The van der Waals surface area contributed by atoms with Crippen LogP contribution in [0.5, 0.6) is 0 Å². The molecule has 4 nitrogen and oxygen atoms in total. The maximum Gasteiger partial charge on any atom is 0.254 e. The molecule has 1 saturated heterocycles. The summed E-state index contributed by atoms with van der Waals surface area (Å²) < 4.78 is 14.3. The normalized spacial score (nSPS) is 16.8. The van der Waals surface area contributed by atoms with E-state index in [1.807, 2.05) is 0 Å². The molecule has 1 aliphatic heterocycles. The third-order valence-corrected chi connectivity index (χ3v) is 4.78. The summed E-state index contributed by atoms with van der Waals surface area (Å²) in [4.78, 5) is 26.8. The SMILES string of the molecule is O=C(Nc1cc(F)cc(Cl)c1)C1CCCN1C(=O)c1ccc(Br)cc1. The lowest BCUT2D eigenvalue weighted by molar-refractivity contribution is -0.119. The second-order valence-electron chi connectivity index (χ2n) is 5.81. The van der Waals surface area contributed by atoms with Crippen LogP contribution >= 0.6 is 27.5 Å². The smallest absolute Gasteiger partial charge is 0.254 e. The van der Waals surface area contributed by atoms with Gasteiger partial charge in [-0.2, -0.15) is 0 Å². The lowest BCUT2D eigenvalue weighted by Gasteiger charge is -2.24. The van der Waals surface area contributed by atoms with Crippen molar-refractivity contribution < 1.29 is 14.0 Å². The summed E-state index contributed by atoms with van der Waals surface area (Å²) >= 11 is 9.14. The molecule has 1 fully saturated rings. The van der Waals surface area contributed by atoms with Crippen molar-refractivity contribution in [1.29, 1.82) is 0 Å². The van der Waals surface area contributed by atoms with Crippen LogP contribution in [0.1, 0.15) is 23.2 Å². The zero-order chi connectivity index (χ0) is 18.0. The van der Waals surface area contributed by atoms with Crippen LogP contribution in [0.3, 0.4) is 0 Å². The van der Waals surface area contributed by atoms with Crippen molar-refractivity contribution in [3.05, 3.63) is 63.3 Å². The van der Waals surface area contributed by atoms with E-state index in [9.17, 15) is 14.0 Å². The summed E-state index contributed by atoms with van der Waals surface area (Å²) in [6.45, 7) is 0.511. The number of hydrogen-bond donors (Lipinski definition) is 1. The Bertz CT molecular complexity index is 793. The highest BCUT2D eigenvalue weighted by Gasteiger charge is 2.34. The monoisotopic (exact) mass is 424 g/mol. The van der Waals surface area contributed by atoms with Gasteiger partial charge in [-0.1, -0.05) is 27.5 Å². The number of rotatable bonds is 3. The maximum atomic E-state index is 13.4. The average Bonchev–Trinajstić information content (AvgIpc) is 3.03.